The minimum absolute atomic E-state index is 0.0400. The van der Waals surface area contributed by atoms with Gasteiger partial charge < -0.3 is 70.8 Å². The maximum absolute atomic E-state index is 12.3. The molecule has 0 aromatic rings. The van der Waals surface area contributed by atoms with Crippen LogP contribution in [0.1, 0.15) is 71.6 Å². The zero-order valence-electron chi connectivity index (χ0n) is 27.2. The van der Waals surface area contributed by atoms with Gasteiger partial charge in [0.25, 0.3) is 0 Å². The molecule has 0 saturated carbocycles. The minimum atomic E-state index is -1.80. The van der Waals surface area contributed by atoms with Crippen LogP contribution in [-0.2, 0) is 28.6 Å². The summed E-state index contributed by atoms with van der Waals surface area (Å²) in [5, 5.41) is 92.8. The Morgan fingerprint density at radius 3 is 2.04 bits per heavy atom. The first-order valence-corrected chi connectivity index (χ1v) is 16.2. The van der Waals surface area contributed by atoms with Crippen molar-refractivity contribution in [3.05, 3.63) is 0 Å². The third-order valence-electron chi connectivity index (χ3n) is 7.95. The van der Waals surface area contributed by atoms with Crippen LogP contribution in [0.2, 0.25) is 0 Å². The molecule has 2 amide bonds. The molecule has 0 aromatic heterocycles. The largest absolute Gasteiger partial charge is 0.396 e. The second-order valence-corrected chi connectivity index (χ2v) is 12.0. The minimum Gasteiger partial charge on any atom is -0.396 e. The maximum Gasteiger partial charge on any atom is 0.220 e. The molecule has 0 radical (unpaired) electrons. The smallest absolute Gasteiger partial charge is 0.220 e. The van der Waals surface area contributed by atoms with Crippen LogP contribution in [0, 0.1) is 5.92 Å². The Balaban J connectivity index is 2.17. The van der Waals surface area contributed by atoms with Gasteiger partial charge in [-0.25, -0.2) is 0 Å². The van der Waals surface area contributed by atoms with Gasteiger partial charge in [-0.3, -0.25) is 14.4 Å². The highest BCUT2D eigenvalue weighted by Gasteiger charge is 2.44. The second kappa shape index (κ2) is 23.5. The summed E-state index contributed by atoms with van der Waals surface area (Å²) < 4.78 is 15.7. The number of nitrogens with one attached hydrogen (secondary N) is 2. The highest BCUT2D eigenvalue weighted by molar-refractivity contribution is 5.87. The van der Waals surface area contributed by atoms with E-state index in [0.717, 1.165) is 0 Å². The Hall–Kier alpha value is -1.87. The molecule has 11 unspecified atom stereocenters. The van der Waals surface area contributed by atoms with Gasteiger partial charge in [-0.05, 0) is 51.9 Å². The first kappa shape index (κ1) is 43.2. The molecule has 1 aliphatic rings. The third kappa shape index (κ3) is 15.9. The summed E-state index contributed by atoms with van der Waals surface area (Å²) in [5.74, 6) is -1.44. The van der Waals surface area contributed by atoms with Crippen LogP contribution in [0.4, 0.5) is 0 Å². The average molecular weight is 685 g/mol. The van der Waals surface area contributed by atoms with E-state index in [-0.39, 0.29) is 43.7 Å². The molecule has 1 heterocycles. The molecule has 0 aliphatic carbocycles. The lowest BCUT2D eigenvalue weighted by Crippen LogP contribution is -2.59. The molecule has 11 atom stereocenters. The van der Waals surface area contributed by atoms with E-state index in [2.05, 4.69) is 10.6 Å². The fraction of sp³-hybridized carbons (Fsp3) is 0.900. The van der Waals surface area contributed by atoms with Crippen molar-refractivity contribution in [2.75, 3.05) is 33.0 Å². The molecule has 1 rings (SSSR count). The van der Waals surface area contributed by atoms with Gasteiger partial charge in [0.1, 0.15) is 36.6 Å². The van der Waals surface area contributed by atoms with Crippen LogP contribution in [0.25, 0.3) is 0 Å². The van der Waals surface area contributed by atoms with E-state index in [1.807, 2.05) is 0 Å². The van der Waals surface area contributed by atoms with E-state index in [1.54, 1.807) is 0 Å². The van der Waals surface area contributed by atoms with Gasteiger partial charge in [0.15, 0.2) is 18.4 Å². The standard InChI is InChI=1S/C30H56N2O15/c1-17(15-33)23(38)25(40)27(42)29(44)45-13-7-5-11-22(37)32-19(18(2)35)9-3-6-12-31-21(36)10-4-8-14-46-30-28(43)26(41)24(39)20(16-34)47-30/h17,19-20,23-30,33-34,38-44H,3-16H2,1-2H3,(H,31,36)(H,32,37). The lowest BCUT2D eigenvalue weighted by molar-refractivity contribution is -0.301. The Labute approximate surface area is 274 Å². The molecular formula is C30H56N2O15. The number of carbonyl (C=O) groups is 3. The van der Waals surface area contributed by atoms with Crippen LogP contribution < -0.4 is 10.6 Å². The number of carbonyl (C=O) groups excluding carboxylic acids is 3. The molecule has 0 aromatic carbocycles. The van der Waals surface area contributed by atoms with Crippen LogP contribution in [0.15, 0.2) is 0 Å². The van der Waals surface area contributed by atoms with Crippen molar-refractivity contribution >= 4 is 17.6 Å². The number of unbranched alkanes of at least 4 members (excludes halogenated alkanes) is 3. The molecule has 0 bridgehead atoms. The molecule has 17 nitrogen and oxygen atoms in total. The number of aliphatic hydroxyl groups excluding tert-OH is 9. The van der Waals surface area contributed by atoms with Gasteiger partial charge >= 0.3 is 0 Å². The zero-order valence-corrected chi connectivity index (χ0v) is 27.2. The predicted octanol–water partition coefficient (Wildman–Crippen LogP) is -3.45. The third-order valence-corrected chi connectivity index (χ3v) is 7.95. The maximum atomic E-state index is 12.3. The Kier molecular flexibility index (Phi) is 21.6. The molecule has 1 saturated heterocycles. The fourth-order valence-corrected chi connectivity index (χ4v) is 4.73. The summed E-state index contributed by atoms with van der Waals surface area (Å²) in [5.41, 5.74) is 0. The summed E-state index contributed by atoms with van der Waals surface area (Å²) >= 11 is 0. The number of hydrogen-bond acceptors (Lipinski definition) is 15. The van der Waals surface area contributed by atoms with E-state index < -0.39 is 80.5 Å². The van der Waals surface area contributed by atoms with Crippen LogP contribution in [-0.4, -0.2) is 158 Å². The molecule has 276 valence electrons. The monoisotopic (exact) mass is 684 g/mol. The SMILES string of the molecule is CC(=O)C(CCCCNC(=O)CCCCOC1OC(CO)C(O)C(O)C1O)NC(=O)CCCCOC(O)C(O)C(O)C(O)C(C)CO. The van der Waals surface area contributed by atoms with Crippen molar-refractivity contribution in [3.8, 4) is 0 Å². The van der Waals surface area contributed by atoms with Gasteiger partial charge in [-0.1, -0.05) is 6.92 Å². The Morgan fingerprint density at radius 2 is 1.43 bits per heavy atom. The molecule has 1 aliphatic heterocycles. The van der Waals surface area contributed by atoms with Crippen molar-refractivity contribution in [1.82, 2.24) is 10.6 Å². The van der Waals surface area contributed by atoms with E-state index in [0.29, 0.717) is 51.5 Å². The summed E-state index contributed by atoms with van der Waals surface area (Å²) in [6.07, 6.45) is -10.0. The average Bonchev–Trinajstić information content (AvgIpc) is 3.05. The number of hydrogen-bond donors (Lipinski definition) is 11. The van der Waals surface area contributed by atoms with Crippen molar-refractivity contribution < 1.29 is 74.6 Å². The number of ketones is 1. The van der Waals surface area contributed by atoms with Crippen molar-refractivity contribution in [2.24, 2.45) is 5.92 Å². The summed E-state index contributed by atoms with van der Waals surface area (Å²) in [4.78, 5) is 36.4. The molecule has 17 heteroatoms. The second-order valence-electron chi connectivity index (χ2n) is 12.0. The molecule has 47 heavy (non-hydrogen) atoms. The van der Waals surface area contributed by atoms with Crippen LogP contribution >= 0.6 is 0 Å². The number of rotatable bonds is 25. The van der Waals surface area contributed by atoms with Gasteiger partial charge in [0, 0.05) is 45.1 Å². The molecule has 0 spiro atoms. The Morgan fingerprint density at radius 1 is 0.787 bits per heavy atom. The van der Waals surface area contributed by atoms with Crippen molar-refractivity contribution in [1.29, 1.82) is 0 Å². The highest BCUT2D eigenvalue weighted by Crippen LogP contribution is 2.22. The van der Waals surface area contributed by atoms with Gasteiger partial charge in [0.05, 0.1) is 18.8 Å². The van der Waals surface area contributed by atoms with E-state index in [1.165, 1.54) is 13.8 Å². The van der Waals surface area contributed by atoms with E-state index in [9.17, 15) is 55.2 Å². The lowest BCUT2D eigenvalue weighted by atomic mass is 9.97. The molecule has 11 N–H and O–H groups in total. The number of amides is 2. The normalized spacial score (nSPS) is 25.3. The van der Waals surface area contributed by atoms with Crippen LogP contribution in [0.5, 0.6) is 0 Å². The molecular weight excluding hydrogens is 628 g/mol. The first-order chi connectivity index (χ1) is 22.2. The summed E-state index contributed by atoms with van der Waals surface area (Å²) in [6.45, 7) is 2.33. The summed E-state index contributed by atoms with van der Waals surface area (Å²) in [7, 11) is 0. The number of aliphatic hydroxyl groups is 9. The van der Waals surface area contributed by atoms with Crippen molar-refractivity contribution in [3.63, 3.8) is 0 Å². The van der Waals surface area contributed by atoms with Crippen molar-refractivity contribution in [2.45, 2.75) is 133 Å². The van der Waals surface area contributed by atoms with Gasteiger partial charge in [0.2, 0.25) is 11.8 Å². The topological polar surface area (TPSA) is 285 Å². The quantitative estimate of drug-likeness (QED) is 0.0329. The van der Waals surface area contributed by atoms with Gasteiger partial charge in [-0.2, -0.15) is 0 Å². The van der Waals surface area contributed by atoms with E-state index >= 15 is 0 Å². The highest BCUT2D eigenvalue weighted by atomic mass is 16.7. The van der Waals surface area contributed by atoms with Crippen LogP contribution in [0.3, 0.4) is 0 Å². The number of Topliss-reactive ketones (excluding diaryl/α,β-unsaturated/α-hetero) is 1. The predicted molar refractivity (Wildman–Crippen MR) is 163 cm³/mol. The summed E-state index contributed by atoms with van der Waals surface area (Å²) in [6, 6.07) is -0.677. The Bertz CT molecular complexity index is 897. The van der Waals surface area contributed by atoms with Gasteiger partial charge in [-0.15, -0.1) is 0 Å². The molecule has 1 fully saturated rings. The zero-order chi connectivity index (χ0) is 35.5. The van der Waals surface area contributed by atoms with E-state index in [4.69, 9.17) is 19.3 Å². The fourth-order valence-electron chi connectivity index (χ4n) is 4.73. The lowest BCUT2D eigenvalue weighted by Gasteiger charge is -2.39. The first-order valence-electron chi connectivity index (χ1n) is 16.2. The number of ether oxygens (including phenoxy) is 3.